The molecule has 0 saturated carbocycles. The van der Waals surface area contributed by atoms with Crippen LogP contribution in [-0.2, 0) is 6.18 Å². The summed E-state index contributed by atoms with van der Waals surface area (Å²) in [5.41, 5.74) is -1.72. The number of hydrogen-bond acceptors (Lipinski definition) is 3. The maximum atomic E-state index is 12.9. The van der Waals surface area contributed by atoms with Crippen LogP contribution in [0.25, 0.3) is 5.69 Å². The van der Waals surface area contributed by atoms with Crippen LogP contribution < -0.4 is 11.2 Å². The van der Waals surface area contributed by atoms with Gasteiger partial charge in [0.05, 0.1) is 11.3 Å². The van der Waals surface area contributed by atoms with E-state index in [1.807, 2.05) is 0 Å². The predicted molar refractivity (Wildman–Crippen MR) is 84.6 cm³/mol. The van der Waals surface area contributed by atoms with Crippen LogP contribution in [0.4, 0.5) is 13.2 Å². The summed E-state index contributed by atoms with van der Waals surface area (Å²) in [5.74, 6) is 0.251. The molecule has 1 aromatic heterocycles. The van der Waals surface area contributed by atoms with Crippen LogP contribution in [0.1, 0.15) is 24.2 Å². The van der Waals surface area contributed by atoms with Crippen molar-refractivity contribution in [1.82, 2.24) is 9.13 Å². The zero-order valence-corrected chi connectivity index (χ0v) is 13.4. The number of benzene rings is 1. The Bertz CT molecular complexity index is 840. The fraction of sp³-hybridized carbons (Fsp3) is 0.333. The van der Waals surface area contributed by atoms with Gasteiger partial charge in [0, 0.05) is 23.6 Å². The third-order valence-electron chi connectivity index (χ3n) is 3.46. The molecule has 0 radical (unpaired) electrons. The molecule has 0 fully saturated rings. The van der Waals surface area contributed by atoms with E-state index >= 15 is 0 Å². The van der Waals surface area contributed by atoms with Crippen molar-refractivity contribution in [2.75, 3.05) is 5.75 Å². The Morgan fingerprint density at radius 3 is 2.43 bits per heavy atom. The maximum absolute atomic E-state index is 12.9. The second-order valence-electron chi connectivity index (χ2n) is 5.19. The second kappa shape index (κ2) is 6.27. The molecule has 23 heavy (non-hydrogen) atoms. The summed E-state index contributed by atoms with van der Waals surface area (Å²) in [5, 5.41) is 0. The van der Waals surface area contributed by atoms with Gasteiger partial charge in [0.1, 0.15) is 0 Å². The average molecular weight is 344 g/mol. The smallest absolute Gasteiger partial charge is 0.269 e. The SMILES string of the molecule is Cc1cc(=O)n(C(C)CS)c(=O)n1-c1cccc(C(F)(F)F)c1. The van der Waals surface area contributed by atoms with Crippen LogP contribution in [0.5, 0.6) is 0 Å². The zero-order chi connectivity index (χ0) is 17.4. The molecule has 8 heteroatoms. The van der Waals surface area contributed by atoms with Gasteiger partial charge in [0.2, 0.25) is 0 Å². The van der Waals surface area contributed by atoms with Crippen LogP contribution in [0, 0.1) is 6.92 Å². The van der Waals surface area contributed by atoms with Gasteiger partial charge >= 0.3 is 11.9 Å². The van der Waals surface area contributed by atoms with E-state index < -0.39 is 29.0 Å². The highest BCUT2D eigenvalue weighted by atomic mass is 32.1. The zero-order valence-electron chi connectivity index (χ0n) is 12.5. The molecule has 0 aliphatic heterocycles. The van der Waals surface area contributed by atoms with E-state index in [4.69, 9.17) is 0 Å². The number of rotatable bonds is 3. The fourth-order valence-corrected chi connectivity index (χ4v) is 2.45. The summed E-state index contributed by atoms with van der Waals surface area (Å²) in [6.07, 6.45) is -4.51. The topological polar surface area (TPSA) is 44.0 Å². The summed E-state index contributed by atoms with van der Waals surface area (Å²) in [7, 11) is 0. The number of hydrogen-bond donors (Lipinski definition) is 1. The molecule has 1 aromatic carbocycles. The van der Waals surface area contributed by atoms with Crippen molar-refractivity contribution in [2.24, 2.45) is 0 Å². The second-order valence-corrected chi connectivity index (χ2v) is 5.56. The van der Waals surface area contributed by atoms with E-state index in [0.29, 0.717) is 0 Å². The van der Waals surface area contributed by atoms with E-state index in [-0.39, 0.29) is 17.1 Å². The number of alkyl halides is 3. The van der Waals surface area contributed by atoms with Crippen molar-refractivity contribution in [2.45, 2.75) is 26.1 Å². The summed E-state index contributed by atoms with van der Waals surface area (Å²) < 4.78 is 40.7. The Labute approximate surface area is 135 Å². The Morgan fingerprint density at radius 2 is 1.87 bits per heavy atom. The molecule has 0 aliphatic rings. The van der Waals surface area contributed by atoms with Gasteiger partial charge in [-0.15, -0.1) is 0 Å². The number of halogens is 3. The molecule has 1 heterocycles. The molecule has 2 aromatic rings. The van der Waals surface area contributed by atoms with E-state index in [0.717, 1.165) is 21.3 Å². The lowest BCUT2D eigenvalue weighted by atomic mass is 10.2. The first-order chi connectivity index (χ1) is 10.7. The van der Waals surface area contributed by atoms with Gasteiger partial charge < -0.3 is 0 Å². The molecule has 1 atom stereocenters. The third kappa shape index (κ3) is 3.36. The summed E-state index contributed by atoms with van der Waals surface area (Å²) in [6, 6.07) is 5.17. The molecule has 1 unspecified atom stereocenters. The van der Waals surface area contributed by atoms with Crippen molar-refractivity contribution < 1.29 is 13.2 Å². The van der Waals surface area contributed by atoms with Crippen LogP contribution in [0.3, 0.4) is 0 Å². The highest BCUT2D eigenvalue weighted by Gasteiger charge is 2.30. The number of aryl methyl sites for hydroxylation is 1. The van der Waals surface area contributed by atoms with Gasteiger partial charge in [-0.3, -0.25) is 13.9 Å². The molecule has 0 spiro atoms. The van der Waals surface area contributed by atoms with Crippen LogP contribution >= 0.6 is 12.6 Å². The minimum Gasteiger partial charge on any atom is -0.269 e. The van der Waals surface area contributed by atoms with Crippen molar-refractivity contribution >= 4 is 12.6 Å². The van der Waals surface area contributed by atoms with E-state index in [9.17, 15) is 22.8 Å². The molecular weight excluding hydrogens is 329 g/mol. The molecule has 0 amide bonds. The van der Waals surface area contributed by atoms with Crippen molar-refractivity contribution in [3.8, 4) is 5.69 Å². The number of thiol groups is 1. The van der Waals surface area contributed by atoms with Crippen molar-refractivity contribution in [3.05, 3.63) is 62.4 Å². The van der Waals surface area contributed by atoms with Gasteiger partial charge in [0.15, 0.2) is 0 Å². The Morgan fingerprint density at radius 1 is 1.22 bits per heavy atom. The minimum absolute atomic E-state index is 0.0578. The quantitative estimate of drug-likeness (QED) is 0.870. The minimum atomic E-state index is -4.51. The highest BCUT2D eigenvalue weighted by molar-refractivity contribution is 7.80. The molecule has 4 nitrogen and oxygen atoms in total. The Kier molecular flexibility index (Phi) is 4.74. The molecule has 2 rings (SSSR count). The molecule has 0 aliphatic carbocycles. The van der Waals surface area contributed by atoms with Crippen LogP contribution in [-0.4, -0.2) is 14.9 Å². The molecule has 0 saturated heterocycles. The fourth-order valence-electron chi connectivity index (χ4n) is 2.29. The van der Waals surface area contributed by atoms with Gasteiger partial charge in [-0.05, 0) is 32.0 Å². The average Bonchev–Trinajstić information content (AvgIpc) is 2.45. The number of nitrogens with zero attached hydrogens (tertiary/aromatic N) is 2. The summed E-state index contributed by atoms with van der Waals surface area (Å²) >= 11 is 4.07. The predicted octanol–water partition coefficient (Wildman–Crippen LogP) is 2.82. The highest BCUT2D eigenvalue weighted by Crippen LogP contribution is 2.30. The summed E-state index contributed by atoms with van der Waals surface area (Å²) in [6.45, 7) is 3.14. The lowest BCUT2D eigenvalue weighted by Crippen LogP contribution is -2.42. The lowest BCUT2D eigenvalue weighted by molar-refractivity contribution is -0.137. The third-order valence-corrected chi connectivity index (χ3v) is 3.98. The lowest BCUT2D eigenvalue weighted by Gasteiger charge is -2.17. The van der Waals surface area contributed by atoms with Gasteiger partial charge in [-0.2, -0.15) is 25.8 Å². The normalized spacial score (nSPS) is 13.1. The first kappa shape index (κ1) is 17.4. The molecule has 0 bridgehead atoms. The first-order valence-electron chi connectivity index (χ1n) is 6.80. The summed E-state index contributed by atoms with van der Waals surface area (Å²) in [4.78, 5) is 24.6. The largest absolute Gasteiger partial charge is 0.416 e. The van der Waals surface area contributed by atoms with Crippen LogP contribution in [0.2, 0.25) is 0 Å². The van der Waals surface area contributed by atoms with Gasteiger partial charge in [-0.25, -0.2) is 4.79 Å². The molecule has 124 valence electrons. The van der Waals surface area contributed by atoms with Crippen LogP contribution in [0.15, 0.2) is 39.9 Å². The van der Waals surface area contributed by atoms with E-state index in [1.54, 1.807) is 6.92 Å². The van der Waals surface area contributed by atoms with E-state index in [1.165, 1.54) is 25.1 Å². The standard InChI is InChI=1S/C15H15F3N2O2S/c1-9-6-13(21)20(10(2)8-23)14(22)19(9)12-5-3-4-11(7-12)15(16,17)18/h3-7,10,23H,8H2,1-2H3. The first-order valence-corrected chi connectivity index (χ1v) is 7.43. The van der Waals surface area contributed by atoms with Crippen molar-refractivity contribution in [1.29, 1.82) is 0 Å². The van der Waals surface area contributed by atoms with Gasteiger partial charge in [-0.1, -0.05) is 6.07 Å². The molecule has 0 N–H and O–H groups in total. The maximum Gasteiger partial charge on any atom is 0.416 e. The van der Waals surface area contributed by atoms with Crippen molar-refractivity contribution in [3.63, 3.8) is 0 Å². The monoisotopic (exact) mass is 344 g/mol. The Balaban J connectivity index is 2.75. The van der Waals surface area contributed by atoms with Gasteiger partial charge in [0.25, 0.3) is 5.56 Å². The number of aromatic nitrogens is 2. The van der Waals surface area contributed by atoms with E-state index in [2.05, 4.69) is 12.6 Å². The molecular formula is C15H15F3N2O2S. The Hall–Kier alpha value is -1.96.